The van der Waals surface area contributed by atoms with E-state index in [-0.39, 0.29) is 11.8 Å². The van der Waals surface area contributed by atoms with E-state index in [9.17, 15) is 9.18 Å². The number of carbonyl (C=O) groups excluding carboxylic acids is 1. The van der Waals surface area contributed by atoms with Crippen molar-refractivity contribution in [3.8, 4) is 11.5 Å². The molecular formula is C17H17FN2O2S. The monoisotopic (exact) mass is 332 g/mol. The highest BCUT2D eigenvalue weighted by atomic mass is 32.2. The summed E-state index contributed by atoms with van der Waals surface area (Å²) in [5.74, 6) is 2.64. The van der Waals surface area contributed by atoms with E-state index in [1.165, 1.54) is 12.1 Å². The zero-order chi connectivity index (χ0) is 16.1. The topological polar surface area (TPSA) is 41.6 Å². The molecule has 1 aliphatic rings. The number of hydrogen-bond acceptors (Lipinski definition) is 3. The summed E-state index contributed by atoms with van der Waals surface area (Å²) in [7, 11) is 0. The van der Waals surface area contributed by atoms with Gasteiger partial charge < -0.3 is 15.0 Å². The van der Waals surface area contributed by atoms with Crippen LogP contribution in [0.5, 0.6) is 11.5 Å². The quantitative estimate of drug-likeness (QED) is 0.916. The minimum Gasteiger partial charge on any atom is -0.457 e. The Hall–Kier alpha value is -2.21. The van der Waals surface area contributed by atoms with Crippen LogP contribution in [-0.4, -0.2) is 35.5 Å². The molecule has 0 saturated carbocycles. The highest BCUT2D eigenvalue weighted by molar-refractivity contribution is 7.99. The Bertz CT molecular complexity index is 673. The van der Waals surface area contributed by atoms with Crippen LogP contribution in [0.1, 0.15) is 0 Å². The largest absolute Gasteiger partial charge is 0.457 e. The molecule has 120 valence electrons. The summed E-state index contributed by atoms with van der Waals surface area (Å²) < 4.78 is 18.7. The van der Waals surface area contributed by atoms with Crippen LogP contribution >= 0.6 is 11.8 Å². The van der Waals surface area contributed by atoms with Crippen molar-refractivity contribution in [2.24, 2.45) is 0 Å². The summed E-state index contributed by atoms with van der Waals surface area (Å²) >= 11 is 1.86. The van der Waals surface area contributed by atoms with Gasteiger partial charge in [-0.1, -0.05) is 6.07 Å². The Balaban J connectivity index is 1.59. The average molecular weight is 332 g/mol. The van der Waals surface area contributed by atoms with Crippen molar-refractivity contribution in [2.45, 2.75) is 0 Å². The highest BCUT2D eigenvalue weighted by Crippen LogP contribution is 2.23. The molecule has 1 aliphatic heterocycles. The second-order valence-corrected chi connectivity index (χ2v) is 6.34. The van der Waals surface area contributed by atoms with Gasteiger partial charge in [0.05, 0.1) is 0 Å². The van der Waals surface area contributed by atoms with E-state index in [4.69, 9.17) is 4.74 Å². The molecule has 3 rings (SSSR count). The van der Waals surface area contributed by atoms with E-state index in [0.717, 1.165) is 24.6 Å². The SMILES string of the molecule is O=C(Nc1ccc(Oc2cccc(F)c2)cc1)N1CCSCC1. The van der Waals surface area contributed by atoms with Crippen molar-refractivity contribution in [1.29, 1.82) is 0 Å². The number of benzene rings is 2. The van der Waals surface area contributed by atoms with Crippen LogP contribution in [0.25, 0.3) is 0 Å². The third-order valence-corrected chi connectivity index (χ3v) is 4.38. The molecule has 0 bridgehead atoms. The van der Waals surface area contributed by atoms with Crippen molar-refractivity contribution < 1.29 is 13.9 Å². The number of ether oxygens (including phenoxy) is 1. The zero-order valence-electron chi connectivity index (χ0n) is 12.5. The smallest absolute Gasteiger partial charge is 0.321 e. The van der Waals surface area contributed by atoms with Gasteiger partial charge in [0.25, 0.3) is 0 Å². The number of halogens is 1. The maximum absolute atomic E-state index is 13.1. The molecule has 0 unspecified atom stereocenters. The Morgan fingerprint density at radius 3 is 2.52 bits per heavy atom. The summed E-state index contributed by atoms with van der Waals surface area (Å²) in [6.45, 7) is 1.55. The maximum atomic E-state index is 13.1. The van der Waals surface area contributed by atoms with E-state index < -0.39 is 0 Å². The lowest BCUT2D eigenvalue weighted by atomic mass is 10.3. The standard InChI is InChI=1S/C17H17FN2O2S/c18-13-2-1-3-16(12-13)22-15-6-4-14(5-7-15)19-17(21)20-8-10-23-11-9-20/h1-7,12H,8-11H2,(H,19,21). The van der Waals surface area contributed by atoms with Gasteiger partial charge in [-0.2, -0.15) is 11.8 Å². The van der Waals surface area contributed by atoms with Crippen LogP contribution in [0.3, 0.4) is 0 Å². The van der Waals surface area contributed by atoms with E-state index in [0.29, 0.717) is 17.2 Å². The number of carbonyl (C=O) groups is 1. The van der Waals surface area contributed by atoms with Gasteiger partial charge in [-0.25, -0.2) is 9.18 Å². The first-order valence-electron chi connectivity index (χ1n) is 7.38. The van der Waals surface area contributed by atoms with Gasteiger partial charge in [0, 0.05) is 36.3 Å². The predicted octanol–water partition coefficient (Wildman–Crippen LogP) is 4.20. The first-order valence-corrected chi connectivity index (χ1v) is 8.53. The van der Waals surface area contributed by atoms with Gasteiger partial charge in [0.1, 0.15) is 17.3 Å². The summed E-state index contributed by atoms with van der Waals surface area (Å²) in [6.07, 6.45) is 0. The molecule has 1 fully saturated rings. The van der Waals surface area contributed by atoms with Gasteiger partial charge >= 0.3 is 6.03 Å². The number of rotatable bonds is 3. The third-order valence-electron chi connectivity index (χ3n) is 3.44. The number of thioether (sulfide) groups is 1. The third kappa shape index (κ3) is 4.39. The fourth-order valence-electron chi connectivity index (χ4n) is 2.24. The van der Waals surface area contributed by atoms with Gasteiger partial charge in [0.2, 0.25) is 0 Å². The summed E-state index contributed by atoms with van der Waals surface area (Å²) in [4.78, 5) is 13.9. The number of nitrogens with zero attached hydrogens (tertiary/aromatic N) is 1. The fraction of sp³-hybridized carbons (Fsp3) is 0.235. The fourth-order valence-corrected chi connectivity index (χ4v) is 3.14. The number of hydrogen-bond donors (Lipinski definition) is 1. The first-order chi connectivity index (χ1) is 11.2. The normalized spacial score (nSPS) is 14.4. The van der Waals surface area contributed by atoms with Gasteiger partial charge in [-0.15, -0.1) is 0 Å². The van der Waals surface area contributed by atoms with E-state index in [1.807, 2.05) is 16.7 Å². The molecule has 2 amide bonds. The second-order valence-electron chi connectivity index (χ2n) is 5.11. The van der Waals surface area contributed by atoms with Crippen molar-refractivity contribution >= 4 is 23.5 Å². The molecule has 4 nitrogen and oxygen atoms in total. The first kappa shape index (κ1) is 15.7. The van der Waals surface area contributed by atoms with Crippen LogP contribution in [0.15, 0.2) is 48.5 Å². The summed E-state index contributed by atoms with van der Waals surface area (Å²) in [5, 5.41) is 2.87. The second kappa shape index (κ2) is 7.37. The Labute approximate surface area is 138 Å². The Morgan fingerprint density at radius 2 is 1.83 bits per heavy atom. The molecule has 1 saturated heterocycles. The average Bonchev–Trinajstić information content (AvgIpc) is 2.57. The predicted molar refractivity (Wildman–Crippen MR) is 90.8 cm³/mol. The van der Waals surface area contributed by atoms with Crippen LogP contribution in [-0.2, 0) is 0 Å². The van der Waals surface area contributed by atoms with E-state index >= 15 is 0 Å². The molecule has 0 radical (unpaired) electrons. The summed E-state index contributed by atoms with van der Waals surface area (Å²) in [5.41, 5.74) is 0.708. The van der Waals surface area contributed by atoms with E-state index in [1.54, 1.807) is 36.4 Å². The van der Waals surface area contributed by atoms with Crippen molar-refractivity contribution in [1.82, 2.24) is 4.90 Å². The lowest BCUT2D eigenvalue weighted by Crippen LogP contribution is -2.40. The molecule has 0 spiro atoms. The molecule has 23 heavy (non-hydrogen) atoms. The molecule has 1 heterocycles. The molecule has 0 aliphatic carbocycles. The minimum absolute atomic E-state index is 0.0795. The van der Waals surface area contributed by atoms with E-state index in [2.05, 4.69) is 5.32 Å². The maximum Gasteiger partial charge on any atom is 0.321 e. The van der Waals surface area contributed by atoms with Gasteiger partial charge in [-0.3, -0.25) is 0 Å². The number of amides is 2. The molecule has 6 heteroatoms. The van der Waals surface area contributed by atoms with Crippen molar-refractivity contribution in [2.75, 3.05) is 29.9 Å². The minimum atomic E-state index is -0.342. The molecule has 0 aromatic heterocycles. The molecule has 2 aromatic rings. The molecular weight excluding hydrogens is 315 g/mol. The Kier molecular flexibility index (Phi) is 5.02. The van der Waals surface area contributed by atoms with Gasteiger partial charge in [0.15, 0.2) is 0 Å². The van der Waals surface area contributed by atoms with Crippen molar-refractivity contribution in [3.63, 3.8) is 0 Å². The van der Waals surface area contributed by atoms with Crippen LogP contribution < -0.4 is 10.1 Å². The lowest BCUT2D eigenvalue weighted by Gasteiger charge is -2.26. The number of urea groups is 1. The summed E-state index contributed by atoms with van der Waals surface area (Å²) in [6, 6.07) is 12.9. The number of anilines is 1. The van der Waals surface area contributed by atoms with Crippen LogP contribution in [0.4, 0.5) is 14.9 Å². The van der Waals surface area contributed by atoms with Crippen LogP contribution in [0.2, 0.25) is 0 Å². The number of nitrogens with one attached hydrogen (secondary N) is 1. The molecule has 1 N–H and O–H groups in total. The zero-order valence-corrected chi connectivity index (χ0v) is 13.3. The highest BCUT2D eigenvalue weighted by Gasteiger charge is 2.16. The van der Waals surface area contributed by atoms with Crippen LogP contribution in [0, 0.1) is 5.82 Å². The lowest BCUT2D eigenvalue weighted by molar-refractivity contribution is 0.217. The van der Waals surface area contributed by atoms with Gasteiger partial charge in [-0.05, 0) is 36.4 Å². The van der Waals surface area contributed by atoms with Crippen molar-refractivity contribution in [3.05, 3.63) is 54.3 Å². The molecule has 0 atom stereocenters. The Morgan fingerprint density at radius 1 is 1.09 bits per heavy atom. The molecule has 2 aromatic carbocycles.